The van der Waals surface area contributed by atoms with Crippen molar-refractivity contribution in [2.75, 3.05) is 20.2 Å². The second-order valence-electron chi connectivity index (χ2n) is 13.8. The second-order valence-corrected chi connectivity index (χ2v) is 13.8. The van der Waals surface area contributed by atoms with Crippen LogP contribution >= 0.6 is 0 Å². The largest absolute Gasteiger partial charge is 0.483 e. The molecule has 4 bridgehead atoms. The number of ether oxygens (including phenoxy) is 2. The van der Waals surface area contributed by atoms with E-state index in [0.717, 1.165) is 50.1 Å². The first-order chi connectivity index (χ1) is 16.0. The summed E-state index contributed by atoms with van der Waals surface area (Å²) in [7, 11) is 1.80. The molecule has 0 unspecified atom stereocenters. The zero-order valence-electron chi connectivity index (χ0n) is 21.4. The van der Waals surface area contributed by atoms with E-state index in [1.165, 1.54) is 24.9 Å². The summed E-state index contributed by atoms with van der Waals surface area (Å²) in [5, 5.41) is 12.2. The number of rotatable bonds is 4. The minimum Gasteiger partial charge on any atom is -0.483 e. The van der Waals surface area contributed by atoms with Crippen LogP contribution in [-0.4, -0.2) is 53.6 Å². The Morgan fingerprint density at radius 1 is 1.18 bits per heavy atom. The normalized spacial score (nSPS) is 43.9. The summed E-state index contributed by atoms with van der Waals surface area (Å²) in [6, 6.07) is 4.07. The van der Waals surface area contributed by atoms with Crippen LogP contribution in [0.25, 0.3) is 0 Å². The average Bonchev–Trinajstić information content (AvgIpc) is 3.53. The second kappa shape index (κ2) is 6.39. The van der Waals surface area contributed by atoms with Crippen molar-refractivity contribution in [1.82, 2.24) is 4.90 Å². The molecule has 2 heterocycles. The van der Waals surface area contributed by atoms with Crippen LogP contribution in [-0.2, 0) is 16.6 Å². The van der Waals surface area contributed by atoms with Gasteiger partial charge in [0.05, 0.1) is 5.60 Å². The molecule has 8 rings (SSSR count). The Morgan fingerprint density at radius 2 is 1.94 bits per heavy atom. The van der Waals surface area contributed by atoms with Crippen molar-refractivity contribution in [2.24, 2.45) is 22.7 Å². The molecule has 5 heteroatoms. The third-order valence-corrected chi connectivity index (χ3v) is 11.8. The monoisotopic (exact) mass is 468 g/mol. The molecule has 0 radical (unpaired) electrons. The van der Waals surface area contributed by atoms with E-state index in [2.05, 4.69) is 25.7 Å². The van der Waals surface area contributed by atoms with Crippen LogP contribution in [0.1, 0.15) is 77.3 Å². The molecule has 34 heavy (non-hydrogen) atoms. The first kappa shape index (κ1) is 22.1. The Labute approximate surface area is 203 Å². The molecule has 1 N–H and O–H groups in total. The van der Waals surface area contributed by atoms with E-state index in [1.54, 1.807) is 13.2 Å². The highest BCUT2D eigenvalue weighted by molar-refractivity contribution is 5.59. The number of likely N-dealkylation sites (tertiary alicyclic amines) is 1. The van der Waals surface area contributed by atoms with Gasteiger partial charge in [-0.25, -0.2) is 4.39 Å². The van der Waals surface area contributed by atoms with Crippen molar-refractivity contribution in [2.45, 2.75) is 101 Å². The molecule has 7 atom stereocenters. The van der Waals surface area contributed by atoms with E-state index in [-0.39, 0.29) is 34.1 Å². The van der Waals surface area contributed by atoms with Crippen molar-refractivity contribution >= 4 is 0 Å². The van der Waals surface area contributed by atoms with Gasteiger partial charge in [0, 0.05) is 42.0 Å². The number of hydrogen-bond donors (Lipinski definition) is 1. The Balaban J connectivity index is 1.47. The van der Waals surface area contributed by atoms with E-state index in [9.17, 15) is 5.11 Å². The van der Waals surface area contributed by atoms with Crippen LogP contribution in [0.4, 0.5) is 4.39 Å². The lowest BCUT2D eigenvalue weighted by Crippen LogP contribution is -2.83. The number of halogens is 1. The number of nitrogens with zero attached hydrogens (tertiary/aromatic N) is 1. The van der Waals surface area contributed by atoms with Crippen LogP contribution in [0.15, 0.2) is 12.1 Å². The SMILES string of the molecule is CO[C@]12CC[C@@]3(C[C@@H]1[C@](C)(O)C(C)(C)C)[C@H]1Cc4ccc([18F])c5c4[C@@]3(CCN1CC1CC1)[C@H]2O5. The third kappa shape index (κ3) is 2.27. The van der Waals surface area contributed by atoms with Gasteiger partial charge in [0.1, 0.15) is 11.7 Å². The third-order valence-electron chi connectivity index (χ3n) is 11.8. The zero-order chi connectivity index (χ0) is 23.9. The van der Waals surface area contributed by atoms with Gasteiger partial charge in [0.2, 0.25) is 0 Å². The lowest BCUT2D eigenvalue weighted by atomic mass is 9.33. The maximum atomic E-state index is 15.3. The highest BCUT2D eigenvalue weighted by Crippen LogP contribution is 2.77. The highest BCUT2D eigenvalue weighted by atomic mass is 18.2. The fourth-order valence-electron chi connectivity index (χ4n) is 9.56. The van der Waals surface area contributed by atoms with E-state index in [4.69, 9.17) is 9.47 Å². The lowest BCUT2D eigenvalue weighted by molar-refractivity contribution is -0.312. The summed E-state index contributed by atoms with van der Waals surface area (Å²) in [6.45, 7) is 10.7. The average molecular weight is 469 g/mol. The van der Waals surface area contributed by atoms with Gasteiger partial charge in [-0.3, -0.25) is 4.90 Å². The van der Waals surface area contributed by atoms with E-state index in [0.29, 0.717) is 11.8 Å². The van der Waals surface area contributed by atoms with Crippen LogP contribution in [0.2, 0.25) is 0 Å². The zero-order valence-corrected chi connectivity index (χ0v) is 21.4. The number of hydrogen-bond acceptors (Lipinski definition) is 4. The van der Waals surface area contributed by atoms with Gasteiger partial charge < -0.3 is 14.6 Å². The predicted octanol–water partition coefficient (Wildman–Crippen LogP) is 4.85. The maximum Gasteiger partial charge on any atom is 0.165 e. The molecule has 2 spiro atoms. The van der Waals surface area contributed by atoms with E-state index in [1.807, 2.05) is 13.0 Å². The van der Waals surface area contributed by atoms with Crippen molar-refractivity contribution in [3.63, 3.8) is 0 Å². The number of benzene rings is 1. The van der Waals surface area contributed by atoms with Crippen molar-refractivity contribution in [3.8, 4) is 5.75 Å². The summed E-state index contributed by atoms with van der Waals surface area (Å²) in [5.74, 6) is 1.02. The Hall–Kier alpha value is -1.17. The topological polar surface area (TPSA) is 41.9 Å². The molecular formula is C29H40FNO3. The predicted molar refractivity (Wildman–Crippen MR) is 128 cm³/mol. The number of fused-ring (bicyclic) bond motifs is 2. The van der Waals surface area contributed by atoms with Crippen LogP contribution in [0, 0.1) is 28.5 Å². The number of aliphatic hydroxyl groups is 1. The molecule has 1 aromatic carbocycles. The Morgan fingerprint density at radius 3 is 2.62 bits per heavy atom. The summed E-state index contributed by atoms with van der Waals surface area (Å²) < 4.78 is 28.6. The van der Waals surface area contributed by atoms with Crippen molar-refractivity contribution in [3.05, 3.63) is 29.1 Å². The van der Waals surface area contributed by atoms with Gasteiger partial charge in [-0.15, -0.1) is 0 Å². The molecule has 4 nitrogen and oxygen atoms in total. The number of piperidine rings is 1. The van der Waals surface area contributed by atoms with Gasteiger partial charge >= 0.3 is 0 Å². The molecule has 5 fully saturated rings. The fourth-order valence-corrected chi connectivity index (χ4v) is 9.56. The molecule has 2 aliphatic heterocycles. The smallest absolute Gasteiger partial charge is 0.165 e. The summed E-state index contributed by atoms with van der Waals surface area (Å²) in [4.78, 5) is 2.79. The van der Waals surface area contributed by atoms with Crippen LogP contribution in [0.5, 0.6) is 5.75 Å². The highest BCUT2D eigenvalue weighted by Gasteiger charge is 2.82. The standard InChI is InChI=1S/C29H40FNO3/c1-25(2,3)26(4,32)20-15-27-10-11-29(20,33-5)24-28(27)12-13-31(16-17-6-7-17)21(27)14-18-8-9-19(30)23(34-24)22(18)28/h8-9,17,20-21,24,32H,6-7,10-16H2,1-5H3/t20-,21-,24-,26+,27-,28+,29-/m1/s1/i30-1. The van der Waals surface area contributed by atoms with Gasteiger partial charge in [0.25, 0.3) is 0 Å². The molecule has 5 aliphatic carbocycles. The van der Waals surface area contributed by atoms with Gasteiger partial charge in [-0.05, 0) is 81.4 Å². The minimum atomic E-state index is -0.940. The molecule has 1 saturated heterocycles. The first-order valence-electron chi connectivity index (χ1n) is 13.5. The first-order valence-corrected chi connectivity index (χ1v) is 13.5. The maximum absolute atomic E-state index is 15.3. The van der Waals surface area contributed by atoms with Crippen molar-refractivity contribution < 1.29 is 19.0 Å². The quantitative estimate of drug-likeness (QED) is 0.686. The van der Waals surface area contributed by atoms with E-state index < -0.39 is 11.2 Å². The lowest BCUT2D eigenvalue weighted by Gasteiger charge is -2.75. The fraction of sp³-hybridized carbons (Fsp3) is 0.793. The van der Waals surface area contributed by atoms with Crippen LogP contribution < -0.4 is 4.74 Å². The van der Waals surface area contributed by atoms with Crippen LogP contribution in [0.3, 0.4) is 0 Å². The molecule has 1 aromatic rings. The van der Waals surface area contributed by atoms with Gasteiger partial charge in [0.15, 0.2) is 11.6 Å². The minimum absolute atomic E-state index is 0.0168. The summed E-state index contributed by atoms with van der Waals surface area (Å²) >= 11 is 0. The molecular weight excluding hydrogens is 428 g/mol. The van der Waals surface area contributed by atoms with Gasteiger partial charge in [-0.2, -0.15) is 0 Å². The molecule has 186 valence electrons. The molecule has 0 aromatic heterocycles. The Bertz CT molecular complexity index is 1060. The number of methoxy groups -OCH3 is 1. The van der Waals surface area contributed by atoms with Crippen molar-refractivity contribution in [1.29, 1.82) is 0 Å². The summed E-state index contributed by atoms with van der Waals surface area (Å²) in [5.41, 5.74) is 0.331. The Kier molecular flexibility index (Phi) is 4.14. The molecule has 0 amide bonds. The summed E-state index contributed by atoms with van der Waals surface area (Å²) in [6.07, 6.45) is 7.29. The molecule has 7 aliphatic rings. The van der Waals surface area contributed by atoms with E-state index >= 15 is 4.39 Å². The van der Waals surface area contributed by atoms with Gasteiger partial charge in [-0.1, -0.05) is 26.8 Å². The molecule has 4 saturated carbocycles.